The third kappa shape index (κ3) is 6.17. The van der Waals surface area contributed by atoms with Crippen LogP contribution in [0.5, 0.6) is 5.75 Å². The van der Waals surface area contributed by atoms with Gasteiger partial charge in [-0.1, -0.05) is 30.0 Å². The van der Waals surface area contributed by atoms with Gasteiger partial charge in [0.1, 0.15) is 5.75 Å². The van der Waals surface area contributed by atoms with Crippen LogP contribution in [-0.4, -0.2) is 65.6 Å². The number of amides is 1. The van der Waals surface area contributed by atoms with Crippen molar-refractivity contribution in [3.05, 3.63) is 89.2 Å². The lowest BCUT2D eigenvalue weighted by atomic mass is 10.1. The van der Waals surface area contributed by atoms with E-state index in [1.54, 1.807) is 33.5 Å². The highest BCUT2D eigenvalue weighted by Crippen LogP contribution is 2.30. The highest BCUT2D eigenvalue weighted by Gasteiger charge is 2.26. The number of aromatic carboxylic acids is 1. The van der Waals surface area contributed by atoms with Crippen molar-refractivity contribution in [2.75, 3.05) is 13.1 Å². The van der Waals surface area contributed by atoms with Crippen LogP contribution in [0.15, 0.2) is 72.0 Å². The Bertz CT molecular complexity index is 1400. The molecular weight excluding hydrogens is 504 g/mol. The van der Waals surface area contributed by atoms with Gasteiger partial charge in [-0.2, -0.15) is 4.68 Å². The van der Waals surface area contributed by atoms with Gasteiger partial charge in [0, 0.05) is 36.7 Å². The van der Waals surface area contributed by atoms with Crippen LogP contribution in [0.4, 0.5) is 4.79 Å². The summed E-state index contributed by atoms with van der Waals surface area (Å²) in [5.74, 6) is -0.471. The van der Waals surface area contributed by atoms with Gasteiger partial charge < -0.3 is 14.7 Å². The zero-order valence-electron chi connectivity index (χ0n) is 20.7. The standard InChI is InChI=1S/C27H26N6O4S/c1-18-2-7-21(28-17-18)16-19-3-10-23(11-4-19)37-27(36)32-14-12-24(13-15-32)38-26-29-30-31-33(26)22-8-5-20(6-9-22)25(34)35/h2-11,17,24H,12-16H2,1H3,(H,34,35). The van der Waals surface area contributed by atoms with E-state index in [2.05, 4.69) is 20.5 Å². The Kier molecular flexibility index (Phi) is 7.64. The van der Waals surface area contributed by atoms with E-state index >= 15 is 0 Å². The first-order chi connectivity index (χ1) is 18.4. The first kappa shape index (κ1) is 25.4. The third-order valence-corrected chi connectivity index (χ3v) is 7.53. The van der Waals surface area contributed by atoms with Crippen molar-refractivity contribution in [1.82, 2.24) is 30.1 Å². The molecule has 2 aromatic heterocycles. The second-order valence-corrected chi connectivity index (χ2v) is 10.3. The molecule has 1 aliphatic heterocycles. The van der Waals surface area contributed by atoms with Crippen molar-refractivity contribution in [3.8, 4) is 11.4 Å². The van der Waals surface area contributed by atoms with Crippen LogP contribution in [0.25, 0.3) is 5.69 Å². The minimum Gasteiger partial charge on any atom is -0.478 e. The summed E-state index contributed by atoms with van der Waals surface area (Å²) in [4.78, 5) is 30.0. The maximum Gasteiger partial charge on any atom is 0.415 e. The average molecular weight is 531 g/mol. The normalized spacial score (nSPS) is 13.9. The molecule has 0 aliphatic carbocycles. The monoisotopic (exact) mass is 530 g/mol. The number of rotatable bonds is 7. The number of carboxylic acid groups (broad SMARTS) is 1. The van der Waals surface area contributed by atoms with Crippen LogP contribution < -0.4 is 4.74 Å². The Labute approximate surface area is 223 Å². The lowest BCUT2D eigenvalue weighted by Gasteiger charge is -2.30. The number of pyridine rings is 1. The number of carbonyl (C=O) groups excluding carboxylic acids is 1. The summed E-state index contributed by atoms with van der Waals surface area (Å²) in [6.45, 7) is 3.16. The molecule has 3 heterocycles. The molecule has 1 aliphatic rings. The minimum absolute atomic E-state index is 0.200. The van der Waals surface area contributed by atoms with E-state index in [1.807, 2.05) is 49.5 Å². The number of nitrogens with zero attached hydrogens (tertiary/aromatic N) is 6. The molecule has 1 N–H and O–H groups in total. The van der Waals surface area contributed by atoms with E-state index in [-0.39, 0.29) is 16.9 Å². The summed E-state index contributed by atoms with van der Waals surface area (Å²) in [7, 11) is 0. The van der Waals surface area contributed by atoms with Crippen LogP contribution >= 0.6 is 11.8 Å². The fourth-order valence-corrected chi connectivity index (χ4v) is 5.19. The highest BCUT2D eigenvalue weighted by molar-refractivity contribution is 7.99. The van der Waals surface area contributed by atoms with Crippen molar-refractivity contribution < 1.29 is 19.4 Å². The molecule has 1 amide bonds. The lowest BCUT2D eigenvalue weighted by molar-refractivity contribution is 0.0696. The van der Waals surface area contributed by atoms with Gasteiger partial charge in [0.25, 0.3) is 0 Å². The Balaban J connectivity index is 1.11. The van der Waals surface area contributed by atoms with E-state index in [4.69, 9.17) is 9.84 Å². The number of benzene rings is 2. The van der Waals surface area contributed by atoms with Crippen molar-refractivity contribution in [3.63, 3.8) is 0 Å². The van der Waals surface area contributed by atoms with Gasteiger partial charge in [0.2, 0.25) is 5.16 Å². The van der Waals surface area contributed by atoms with E-state index in [0.717, 1.165) is 36.1 Å². The molecule has 10 nitrogen and oxygen atoms in total. The van der Waals surface area contributed by atoms with Gasteiger partial charge in [-0.3, -0.25) is 4.98 Å². The first-order valence-electron chi connectivity index (χ1n) is 12.2. The number of hydrogen-bond donors (Lipinski definition) is 1. The predicted octanol–water partition coefficient (Wildman–Crippen LogP) is 4.41. The number of likely N-dealkylation sites (tertiary alicyclic amines) is 1. The second kappa shape index (κ2) is 11.4. The highest BCUT2D eigenvalue weighted by atomic mass is 32.2. The zero-order chi connectivity index (χ0) is 26.5. The number of carbonyl (C=O) groups is 2. The van der Waals surface area contributed by atoms with E-state index in [9.17, 15) is 9.59 Å². The minimum atomic E-state index is -0.985. The second-order valence-electron chi connectivity index (χ2n) is 9.05. The van der Waals surface area contributed by atoms with Crippen molar-refractivity contribution in [2.24, 2.45) is 0 Å². The van der Waals surface area contributed by atoms with Crippen molar-refractivity contribution in [2.45, 2.75) is 36.6 Å². The maximum atomic E-state index is 12.7. The number of aromatic nitrogens is 5. The summed E-state index contributed by atoms with van der Waals surface area (Å²) in [6.07, 6.45) is 3.76. The molecule has 4 aromatic rings. The number of ether oxygens (including phenoxy) is 1. The quantitative estimate of drug-likeness (QED) is 0.370. The van der Waals surface area contributed by atoms with Crippen LogP contribution in [-0.2, 0) is 6.42 Å². The fraction of sp³-hybridized carbons (Fsp3) is 0.259. The lowest BCUT2D eigenvalue weighted by Crippen LogP contribution is -2.41. The summed E-state index contributed by atoms with van der Waals surface area (Å²) < 4.78 is 7.20. The maximum absolute atomic E-state index is 12.7. The third-order valence-electron chi connectivity index (χ3n) is 6.26. The Morgan fingerprint density at radius 1 is 1.03 bits per heavy atom. The smallest absolute Gasteiger partial charge is 0.415 e. The van der Waals surface area contributed by atoms with E-state index in [0.29, 0.717) is 29.7 Å². The van der Waals surface area contributed by atoms with Crippen LogP contribution in [0.3, 0.4) is 0 Å². The molecule has 1 fully saturated rings. The summed E-state index contributed by atoms with van der Waals surface area (Å²) >= 11 is 1.55. The van der Waals surface area contributed by atoms with Crippen LogP contribution in [0, 0.1) is 6.92 Å². The number of tetrazole rings is 1. The topological polar surface area (TPSA) is 123 Å². The molecular formula is C27H26N6O4S. The van der Waals surface area contributed by atoms with Crippen molar-refractivity contribution in [1.29, 1.82) is 0 Å². The van der Waals surface area contributed by atoms with Gasteiger partial charge in [0.05, 0.1) is 11.3 Å². The SMILES string of the molecule is Cc1ccc(Cc2ccc(OC(=O)N3CCC(Sc4nnnn4-c4ccc(C(=O)O)cc4)CC3)cc2)nc1. The first-order valence-corrected chi connectivity index (χ1v) is 13.1. The summed E-state index contributed by atoms with van der Waals surface area (Å²) in [5, 5.41) is 21.9. The van der Waals surface area contributed by atoms with E-state index in [1.165, 1.54) is 12.1 Å². The number of hydrogen-bond acceptors (Lipinski definition) is 8. The summed E-state index contributed by atoms with van der Waals surface area (Å²) in [5.41, 5.74) is 4.10. The van der Waals surface area contributed by atoms with Crippen LogP contribution in [0.1, 0.15) is 40.0 Å². The van der Waals surface area contributed by atoms with Crippen LogP contribution in [0.2, 0.25) is 0 Å². The number of thioether (sulfide) groups is 1. The molecule has 0 saturated carbocycles. The fourth-order valence-electron chi connectivity index (χ4n) is 4.12. The van der Waals surface area contributed by atoms with Gasteiger partial charge in [-0.05, 0) is 83.8 Å². The molecule has 2 aromatic carbocycles. The molecule has 5 rings (SSSR count). The van der Waals surface area contributed by atoms with Gasteiger partial charge in [-0.25, -0.2) is 9.59 Å². The number of piperidine rings is 1. The largest absolute Gasteiger partial charge is 0.478 e. The molecule has 0 spiro atoms. The molecule has 0 radical (unpaired) electrons. The molecule has 38 heavy (non-hydrogen) atoms. The molecule has 194 valence electrons. The Hall–Kier alpha value is -4.25. The molecule has 0 unspecified atom stereocenters. The summed E-state index contributed by atoms with van der Waals surface area (Å²) in [6, 6.07) is 18.0. The Morgan fingerprint density at radius 2 is 1.76 bits per heavy atom. The Morgan fingerprint density at radius 3 is 2.42 bits per heavy atom. The van der Waals surface area contributed by atoms with Gasteiger partial charge >= 0.3 is 12.1 Å². The number of aryl methyl sites for hydroxylation is 1. The molecule has 11 heteroatoms. The zero-order valence-corrected chi connectivity index (χ0v) is 21.5. The predicted molar refractivity (Wildman–Crippen MR) is 141 cm³/mol. The van der Waals surface area contributed by atoms with E-state index < -0.39 is 5.97 Å². The van der Waals surface area contributed by atoms with Gasteiger partial charge in [-0.15, -0.1) is 5.10 Å². The van der Waals surface area contributed by atoms with Crippen molar-refractivity contribution >= 4 is 23.8 Å². The molecule has 0 atom stereocenters. The molecule has 0 bridgehead atoms. The molecule has 1 saturated heterocycles. The average Bonchev–Trinajstić information content (AvgIpc) is 3.39. The van der Waals surface area contributed by atoms with Gasteiger partial charge in [0.15, 0.2) is 0 Å². The number of carboxylic acids is 1.